The summed E-state index contributed by atoms with van der Waals surface area (Å²) in [4.78, 5) is 5.53. The normalized spacial score (nSPS) is 36.9. The van der Waals surface area contributed by atoms with Gasteiger partial charge in [0, 0.05) is 31.2 Å². The number of likely N-dealkylation sites (tertiary alicyclic amines) is 2. The molecule has 0 aromatic rings. The van der Waals surface area contributed by atoms with Crippen molar-refractivity contribution in [1.82, 2.24) is 9.80 Å². The minimum Gasteiger partial charge on any atom is -0.329 e. The molecule has 0 amide bonds. The zero-order chi connectivity index (χ0) is 14.9. The first-order valence-electron chi connectivity index (χ1n) is 9.34. The molecule has 0 aromatic carbocycles. The van der Waals surface area contributed by atoms with Crippen LogP contribution in [0.1, 0.15) is 58.8 Å². The van der Waals surface area contributed by atoms with Crippen molar-refractivity contribution in [2.75, 3.05) is 32.7 Å². The minimum absolute atomic E-state index is 0.363. The molecule has 2 N–H and O–H groups in total. The van der Waals surface area contributed by atoms with Crippen LogP contribution in [0.2, 0.25) is 0 Å². The Balaban J connectivity index is 1.50. The van der Waals surface area contributed by atoms with Crippen LogP contribution in [-0.2, 0) is 0 Å². The molecule has 2 aliphatic heterocycles. The van der Waals surface area contributed by atoms with Gasteiger partial charge in [-0.15, -0.1) is 0 Å². The lowest BCUT2D eigenvalue weighted by Gasteiger charge is -2.57. The third kappa shape index (κ3) is 3.16. The molecule has 0 radical (unpaired) electrons. The van der Waals surface area contributed by atoms with Crippen molar-refractivity contribution in [3.63, 3.8) is 0 Å². The Labute approximate surface area is 131 Å². The molecule has 2 saturated heterocycles. The van der Waals surface area contributed by atoms with Gasteiger partial charge in [-0.25, -0.2) is 0 Å². The number of hydrogen-bond acceptors (Lipinski definition) is 3. The summed E-state index contributed by atoms with van der Waals surface area (Å²) in [7, 11) is 0. The summed E-state index contributed by atoms with van der Waals surface area (Å²) in [5.41, 5.74) is 6.55. The monoisotopic (exact) mass is 293 g/mol. The standard InChI is InChI=1S/C18H35N3/c1-15(2)16-12-18(13-16,14-19)21-10-6-17(7-11-21)20-8-4-3-5-9-20/h15-17H,3-14,19H2,1-2H3. The van der Waals surface area contributed by atoms with Crippen LogP contribution >= 0.6 is 0 Å². The molecule has 122 valence electrons. The van der Waals surface area contributed by atoms with E-state index in [-0.39, 0.29) is 0 Å². The lowest BCUT2D eigenvalue weighted by molar-refractivity contribution is -0.0570. The lowest BCUT2D eigenvalue weighted by atomic mass is 9.62. The Hall–Kier alpha value is -0.120. The third-order valence-electron chi connectivity index (χ3n) is 6.65. The van der Waals surface area contributed by atoms with E-state index in [1.165, 1.54) is 71.1 Å². The van der Waals surface area contributed by atoms with Crippen molar-refractivity contribution in [3.05, 3.63) is 0 Å². The van der Waals surface area contributed by atoms with Gasteiger partial charge < -0.3 is 10.6 Å². The van der Waals surface area contributed by atoms with Crippen molar-refractivity contribution in [2.24, 2.45) is 17.6 Å². The van der Waals surface area contributed by atoms with E-state index >= 15 is 0 Å². The largest absolute Gasteiger partial charge is 0.329 e. The maximum atomic E-state index is 6.19. The molecule has 3 nitrogen and oxygen atoms in total. The summed E-state index contributed by atoms with van der Waals surface area (Å²) in [5.74, 6) is 1.74. The third-order valence-corrected chi connectivity index (χ3v) is 6.65. The molecule has 3 aliphatic rings. The van der Waals surface area contributed by atoms with E-state index < -0.39 is 0 Å². The van der Waals surface area contributed by atoms with E-state index in [2.05, 4.69) is 23.6 Å². The quantitative estimate of drug-likeness (QED) is 0.865. The van der Waals surface area contributed by atoms with Gasteiger partial charge in [0.1, 0.15) is 0 Å². The highest BCUT2D eigenvalue weighted by Gasteiger charge is 2.48. The van der Waals surface area contributed by atoms with E-state index in [0.717, 1.165) is 24.4 Å². The molecular formula is C18H35N3. The predicted molar refractivity (Wildman–Crippen MR) is 89.4 cm³/mol. The van der Waals surface area contributed by atoms with E-state index in [9.17, 15) is 0 Å². The van der Waals surface area contributed by atoms with Crippen LogP contribution in [0.25, 0.3) is 0 Å². The molecule has 0 spiro atoms. The van der Waals surface area contributed by atoms with E-state index in [4.69, 9.17) is 5.73 Å². The summed E-state index contributed by atoms with van der Waals surface area (Å²) in [6, 6.07) is 0.859. The van der Waals surface area contributed by atoms with Crippen LogP contribution in [0.15, 0.2) is 0 Å². The Bertz CT molecular complexity index is 321. The van der Waals surface area contributed by atoms with Gasteiger partial charge in [-0.2, -0.15) is 0 Å². The molecule has 2 heterocycles. The van der Waals surface area contributed by atoms with Gasteiger partial charge in [0.25, 0.3) is 0 Å². The number of nitrogens with two attached hydrogens (primary N) is 1. The summed E-state index contributed by atoms with van der Waals surface area (Å²) in [6.45, 7) is 10.9. The maximum Gasteiger partial charge on any atom is 0.0337 e. The summed E-state index contributed by atoms with van der Waals surface area (Å²) in [5, 5.41) is 0. The number of nitrogens with zero attached hydrogens (tertiary/aromatic N) is 2. The van der Waals surface area contributed by atoms with Crippen LogP contribution < -0.4 is 5.73 Å². The fraction of sp³-hybridized carbons (Fsp3) is 1.00. The second-order valence-electron chi connectivity index (χ2n) is 8.16. The second-order valence-corrected chi connectivity index (χ2v) is 8.16. The van der Waals surface area contributed by atoms with Crippen LogP contribution in [-0.4, -0.2) is 54.1 Å². The highest BCUT2D eigenvalue weighted by Crippen LogP contribution is 2.46. The van der Waals surface area contributed by atoms with Gasteiger partial charge in [0.2, 0.25) is 0 Å². The molecule has 1 saturated carbocycles. The van der Waals surface area contributed by atoms with Gasteiger partial charge in [0.15, 0.2) is 0 Å². The molecular weight excluding hydrogens is 258 g/mol. The molecule has 0 bridgehead atoms. The van der Waals surface area contributed by atoms with Crippen molar-refractivity contribution in [1.29, 1.82) is 0 Å². The first-order chi connectivity index (χ1) is 10.1. The van der Waals surface area contributed by atoms with E-state index in [0.29, 0.717) is 5.54 Å². The summed E-state index contributed by atoms with van der Waals surface area (Å²) < 4.78 is 0. The van der Waals surface area contributed by atoms with Crippen molar-refractivity contribution in [2.45, 2.75) is 70.4 Å². The summed E-state index contributed by atoms with van der Waals surface area (Å²) in [6.07, 6.45) is 9.71. The molecule has 0 aromatic heterocycles. The lowest BCUT2D eigenvalue weighted by Crippen LogP contribution is -2.65. The van der Waals surface area contributed by atoms with Crippen molar-refractivity contribution in [3.8, 4) is 0 Å². The maximum absolute atomic E-state index is 6.19. The zero-order valence-electron chi connectivity index (χ0n) is 14.2. The molecule has 0 unspecified atom stereocenters. The van der Waals surface area contributed by atoms with Crippen molar-refractivity contribution < 1.29 is 0 Å². The SMILES string of the molecule is CC(C)C1CC(CN)(N2CCC(N3CCCCC3)CC2)C1. The second kappa shape index (κ2) is 6.55. The van der Waals surface area contributed by atoms with Crippen molar-refractivity contribution >= 4 is 0 Å². The molecule has 3 heteroatoms. The van der Waals surface area contributed by atoms with Gasteiger partial charge >= 0.3 is 0 Å². The van der Waals surface area contributed by atoms with E-state index in [1.54, 1.807) is 0 Å². The topological polar surface area (TPSA) is 32.5 Å². The van der Waals surface area contributed by atoms with Gasteiger partial charge in [-0.05, 0) is 63.5 Å². The van der Waals surface area contributed by atoms with Gasteiger partial charge in [-0.1, -0.05) is 20.3 Å². The fourth-order valence-electron chi connectivity index (χ4n) is 4.93. The van der Waals surface area contributed by atoms with Crippen LogP contribution in [0.3, 0.4) is 0 Å². The predicted octanol–water partition coefficient (Wildman–Crippen LogP) is 2.70. The fourth-order valence-corrected chi connectivity index (χ4v) is 4.93. The number of piperidine rings is 2. The summed E-state index contributed by atoms with van der Waals surface area (Å²) >= 11 is 0. The Morgan fingerprint density at radius 2 is 1.62 bits per heavy atom. The van der Waals surface area contributed by atoms with E-state index in [1.807, 2.05) is 0 Å². The Morgan fingerprint density at radius 1 is 1.00 bits per heavy atom. The first-order valence-corrected chi connectivity index (χ1v) is 9.34. The molecule has 21 heavy (non-hydrogen) atoms. The number of hydrogen-bond donors (Lipinski definition) is 1. The number of rotatable bonds is 4. The zero-order valence-corrected chi connectivity index (χ0v) is 14.2. The van der Waals surface area contributed by atoms with Gasteiger partial charge in [0.05, 0.1) is 0 Å². The molecule has 0 atom stereocenters. The highest BCUT2D eigenvalue weighted by atomic mass is 15.3. The first kappa shape index (κ1) is 15.8. The Morgan fingerprint density at radius 3 is 2.14 bits per heavy atom. The molecule has 3 fully saturated rings. The highest BCUT2D eigenvalue weighted by molar-refractivity contribution is 5.05. The minimum atomic E-state index is 0.363. The molecule has 1 aliphatic carbocycles. The Kier molecular flexibility index (Phi) is 4.92. The average molecular weight is 293 g/mol. The van der Waals surface area contributed by atoms with Crippen LogP contribution in [0, 0.1) is 11.8 Å². The molecule has 3 rings (SSSR count). The van der Waals surface area contributed by atoms with Gasteiger partial charge in [-0.3, -0.25) is 4.90 Å². The smallest absolute Gasteiger partial charge is 0.0337 e. The van der Waals surface area contributed by atoms with Crippen LogP contribution in [0.5, 0.6) is 0 Å². The van der Waals surface area contributed by atoms with Crippen LogP contribution in [0.4, 0.5) is 0 Å². The average Bonchev–Trinajstić information content (AvgIpc) is 2.48.